The molecule has 0 bridgehead atoms. The predicted molar refractivity (Wildman–Crippen MR) is 113 cm³/mol. The molecule has 7 heteroatoms. The van der Waals surface area contributed by atoms with Crippen molar-refractivity contribution < 1.29 is 33.7 Å². The Balaban J connectivity index is 2.07. The number of benzene rings is 2. The number of allylic oxidation sites excluding steroid dienone is 2. The second-order valence-corrected chi connectivity index (χ2v) is 6.97. The van der Waals surface area contributed by atoms with Crippen molar-refractivity contribution in [3.63, 3.8) is 0 Å². The third-order valence-electron chi connectivity index (χ3n) is 4.99. The first-order valence-corrected chi connectivity index (χ1v) is 9.47. The quantitative estimate of drug-likeness (QED) is 0.679. The van der Waals surface area contributed by atoms with Crippen molar-refractivity contribution in [1.29, 1.82) is 0 Å². The zero-order chi connectivity index (χ0) is 22.7. The van der Waals surface area contributed by atoms with E-state index in [0.29, 0.717) is 11.1 Å². The number of aryl methyl sites for hydroxylation is 1. The van der Waals surface area contributed by atoms with Crippen LogP contribution in [0.1, 0.15) is 34.0 Å². The van der Waals surface area contributed by atoms with Crippen LogP contribution in [-0.4, -0.2) is 36.9 Å². The van der Waals surface area contributed by atoms with E-state index in [2.05, 4.69) is 0 Å². The van der Waals surface area contributed by atoms with Crippen molar-refractivity contribution >= 4 is 23.1 Å². The summed E-state index contributed by atoms with van der Waals surface area (Å²) in [5.41, 5.74) is 1.82. The van der Waals surface area contributed by atoms with Crippen LogP contribution >= 0.6 is 0 Å². The Morgan fingerprint density at radius 1 is 0.935 bits per heavy atom. The lowest BCUT2D eigenvalue weighted by Gasteiger charge is -2.21. The maximum Gasteiger partial charge on any atom is 0.339 e. The molecular formula is C24H22O7. The molecule has 0 radical (unpaired) electrons. The Bertz CT molecular complexity index is 1120. The molecule has 160 valence electrons. The maximum atomic E-state index is 13.0. The van der Waals surface area contributed by atoms with Crippen LogP contribution in [0.4, 0.5) is 0 Å². The number of rotatable bonds is 7. The number of ketones is 2. The molecule has 0 spiro atoms. The highest BCUT2D eigenvalue weighted by atomic mass is 16.5. The molecule has 0 aliphatic heterocycles. The number of ether oxygens (including phenoxy) is 3. The Morgan fingerprint density at radius 3 is 2.13 bits per heavy atom. The van der Waals surface area contributed by atoms with E-state index in [4.69, 9.17) is 14.2 Å². The van der Waals surface area contributed by atoms with Crippen LogP contribution in [-0.2, 0) is 25.7 Å². The van der Waals surface area contributed by atoms with Gasteiger partial charge in [-0.2, -0.15) is 0 Å². The van der Waals surface area contributed by atoms with Gasteiger partial charge in [-0.05, 0) is 42.7 Å². The third-order valence-corrected chi connectivity index (χ3v) is 4.99. The highest BCUT2D eigenvalue weighted by Crippen LogP contribution is 2.35. The van der Waals surface area contributed by atoms with E-state index in [1.165, 1.54) is 27.2 Å². The second-order valence-electron chi connectivity index (χ2n) is 6.97. The van der Waals surface area contributed by atoms with Crippen LogP contribution in [0, 0.1) is 6.92 Å². The van der Waals surface area contributed by atoms with Crippen LogP contribution in [0.2, 0.25) is 0 Å². The standard InChI is InChI=1S/C24H22O7/c1-13-10-16(18-14(2)19(25)22(29-3)23(30-4)20(18)26)11-17(24(27)28)21(13)31-12-15-8-6-5-7-9-15/h5-11H,12H2,1-4H3,(H,27,28). The number of carboxylic acids is 1. The second kappa shape index (κ2) is 8.87. The van der Waals surface area contributed by atoms with Gasteiger partial charge >= 0.3 is 5.97 Å². The lowest BCUT2D eigenvalue weighted by molar-refractivity contribution is -0.119. The molecule has 0 heterocycles. The molecule has 1 aliphatic carbocycles. The number of aromatic carboxylic acids is 1. The molecule has 3 rings (SSSR count). The Morgan fingerprint density at radius 2 is 1.55 bits per heavy atom. The highest BCUT2D eigenvalue weighted by molar-refractivity contribution is 6.38. The summed E-state index contributed by atoms with van der Waals surface area (Å²) in [5.74, 6) is -2.44. The zero-order valence-corrected chi connectivity index (χ0v) is 17.6. The van der Waals surface area contributed by atoms with Crippen molar-refractivity contribution in [1.82, 2.24) is 0 Å². The molecule has 0 saturated carbocycles. The minimum absolute atomic E-state index is 0.0721. The molecule has 2 aromatic carbocycles. The highest BCUT2D eigenvalue weighted by Gasteiger charge is 2.36. The van der Waals surface area contributed by atoms with Gasteiger partial charge < -0.3 is 19.3 Å². The molecule has 31 heavy (non-hydrogen) atoms. The van der Waals surface area contributed by atoms with Crippen LogP contribution in [0.3, 0.4) is 0 Å². The van der Waals surface area contributed by atoms with Crippen molar-refractivity contribution in [3.05, 3.63) is 81.8 Å². The van der Waals surface area contributed by atoms with Gasteiger partial charge in [-0.3, -0.25) is 9.59 Å². The maximum absolute atomic E-state index is 13.0. The van der Waals surface area contributed by atoms with E-state index in [1.807, 2.05) is 30.3 Å². The van der Waals surface area contributed by atoms with Gasteiger partial charge in [0.05, 0.1) is 14.2 Å². The van der Waals surface area contributed by atoms with Gasteiger partial charge in [0.1, 0.15) is 17.9 Å². The molecular weight excluding hydrogens is 400 g/mol. The van der Waals surface area contributed by atoms with E-state index in [9.17, 15) is 19.5 Å². The van der Waals surface area contributed by atoms with Crippen LogP contribution in [0.5, 0.6) is 5.75 Å². The van der Waals surface area contributed by atoms with Gasteiger partial charge in [0.25, 0.3) is 0 Å². The van der Waals surface area contributed by atoms with Gasteiger partial charge in [-0.1, -0.05) is 30.3 Å². The first-order valence-electron chi connectivity index (χ1n) is 9.47. The molecule has 0 amide bonds. The Kier molecular flexibility index (Phi) is 6.25. The molecule has 1 N–H and O–H groups in total. The third kappa shape index (κ3) is 4.07. The Hall–Kier alpha value is -3.87. The summed E-state index contributed by atoms with van der Waals surface area (Å²) < 4.78 is 16.0. The SMILES string of the molecule is COC1=C(OC)C(=O)C(c2cc(C)c(OCc3ccccc3)c(C(=O)O)c2)=C(C)C1=O. The average molecular weight is 422 g/mol. The smallest absolute Gasteiger partial charge is 0.339 e. The number of carboxylic acid groups (broad SMARTS) is 1. The molecule has 7 nitrogen and oxygen atoms in total. The van der Waals surface area contributed by atoms with Gasteiger partial charge in [-0.15, -0.1) is 0 Å². The number of hydrogen-bond acceptors (Lipinski definition) is 6. The minimum Gasteiger partial charge on any atom is -0.489 e. The molecule has 1 aliphatic rings. The van der Waals surface area contributed by atoms with Crippen LogP contribution in [0.15, 0.2) is 59.6 Å². The number of carbonyl (C=O) groups excluding carboxylic acids is 2. The van der Waals surface area contributed by atoms with Crippen molar-refractivity contribution in [2.75, 3.05) is 14.2 Å². The molecule has 0 unspecified atom stereocenters. The number of carbonyl (C=O) groups is 3. The van der Waals surface area contributed by atoms with Gasteiger partial charge in [0.2, 0.25) is 23.1 Å². The fourth-order valence-electron chi connectivity index (χ4n) is 3.49. The molecule has 2 aromatic rings. The summed E-state index contributed by atoms with van der Waals surface area (Å²) in [6.45, 7) is 3.37. The monoisotopic (exact) mass is 422 g/mol. The largest absolute Gasteiger partial charge is 0.489 e. The number of methoxy groups -OCH3 is 2. The Labute approximate surface area is 179 Å². The lowest BCUT2D eigenvalue weighted by Crippen LogP contribution is -2.24. The summed E-state index contributed by atoms with van der Waals surface area (Å²) >= 11 is 0. The van der Waals surface area contributed by atoms with E-state index in [1.54, 1.807) is 13.0 Å². The van der Waals surface area contributed by atoms with Crippen LogP contribution < -0.4 is 4.74 Å². The van der Waals surface area contributed by atoms with E-state index in [0.717, 1.165) is 5.56 Å². The summed E-state index contributed by atoms with van der Waals surface area (Å²) in [4.78, 5) is 37.7. The topological polar surface area (TPSA) is 99.1 Å². The summed E-state index contributed by atoms with van der Waals surface area (Å²) in [6, 6.07) is 12.3. The predicted octanol–water partition coefficient (Wildman–Crippen LogP) is 3.70. The summed E-state index contributed by atoms with van der Waals surface area (Å²) in [7, 11) is 2.55. The summed E-state index contributed by atoms with van der Waals surface area (Å²) in [5, 5.41) is 9.77. The normalized spacial score (nSPS) is 14.1. The van der Waals surface area contributed by atoms with Crippen molar-refractivity contribution in [2.45, 2.75) is 20.5 Å². The molecule has 0 fully saturated rings. The van der Waals surface area contributed by atoms with Gasteiger partial charge in [0, 0.05) is 11.1 Å². The average Bonchev–Trinajstić information content (AvgIpc) is 2.75. The first kappa shape index (κ1) is 21.8. The van der Waals surface area contributed by atoms with Gasteiger partial charge in [0.15, 0.2) is 0 Å². The fraction of sp³-hybridized carbons (Fsp3) is 0.208. The van der Waals surface area contributed by atoms with E-state index in [-0.39, 0.29) is 40.6 Å². The van der Waals surface area contributed by atoms with Crippen molar-refractivity contribution in [2.24, 2.45) is 0 Å². The van der Waals surface area contributed by atoms with Crippen LogP contribution in [0.25, 0.3) is 5.57 Å². The lowest BCUT2D eigenvalue weighted by atomic mass is 9.87. The van der Waals surface area contributed by atoms with E-state index < -0.39 is 17.5 Å². The minimum atomic E-state index is -1.21. The summed E-state index contributed by atoms with van der Waals surface area (Å²) in [6.07, 6.45) is 0. The molecule has 0 saturated heterocycles. The van der Waals surface area contributed by atoms with Crippen molar-refractivity contribution in [3.8, 4) is 5.75 Å². The van der Waals surface area contributed by atoms with Gasteiger partial charge in [-0.25, -0.2) is 4.79 Å². The first-order chi connectivity index (χ1) is 14.8. The van der Waals surface area contributed by atoms with E-state index >= 15 is 0 Å². The number of hydrogen-bond donors (Lipinski definition) is 1. The fourth-order valence-corrected chi connectivity index (χ4v) is 3.49. The zero-order valence-electron chi connectivity index (χ0n) is 17.6. The molecule has 0 atom stereocenters. The molecule has 0 aromatic heterocycles. The number of Topliss-reactive ketones (excluding diaryl/α,β-unsaturated/α-hetero) is 2.